The van der Waals surface area contributed by atoms with Crippen LogP contribution in [-0.2, 0) is 5.41 Å². The predicted molar refractivity (Wildman–Crippen MR) is 88.8 cm³/mol. The normalized spacial score (nSPS) is 12.8. The van der Waals surface area contributed by atoms with E-state index in [1.54, 1.807) is 0 Å². The van der Waals surface area contributed by atoms with Gasteiger partial charge in [0.2, 0.25) is 0 Å². The Balaban J connectivity index is 2.27. The van der Waals surface area contributed by atoms with E-state index >= 15 is 0 Å². The SMILES string of the molecule is CNc1cc(NC(C)c2ccccc2)nc(C(C)(C)C)n1. The van der Waals surface area contributed by atoms with Gasteiger partial charge in [-0.15, -0.1) is 0 Å². The van der Waals surface area contributed by atoms with Gasteiger partial charge in [0.05, 0.1) is 0 Å². The van der Waals surface area contributed by atoms with Crippen LogP contribution in [0.15, 0.2) is 36.4 Å². The summed E-state index contributed by atoms with van der Waals surface area (Å²) in [5, 5.41) is 6.56. The summed E-state index contributed by atoms with van der Waals surface area (Å²) >= 11 is 0. The molecule has 0 saturated carbocycles. The van der Waals surface area contributed by atoms with E-state index in [0.29, 0.717) is 0 Å². The summed E-state index contributed by atoms with van der Waals surface area (Å²) in [6.07, 6.45) is 0. The van der Waals surface area contributed by atoms with Crippen molar-refractivity contribution in [2.45, 2.75) is 39.2 Å². The molecule has 0 aliphatic heterocycles. The van der Waals surface area contributed by atoms with Gasteiger partial charge in [-0.1, -0.05) is 51.1 Å². The van der Waals surface area contributed by atoms with E-state index in [9.17, 15) is 0 Å². The summed E-state index contributed by atoms with van der Waals surface area (Å²) in [5.41, 5.74) is 1.15. The minimum Gasteiger partial charge on any atom is -0.373 e. The largest absolute Gasteiger partial charge is 0.373 e. The van der Waals surface area contributed by atoms with Crippen molar-refractivity contribution in [3.8, 4) is 0 Å². The molecule has 21 heavy (non-hydrogen) atoms. The van der Waals surface area contributed by atoms with Gasteiger partial charge in [-0.3, -0.25) is 0 Å². The fourth-order valence-electron chi connectivity index (χ4n) is 2.03. The summed E-state index contributed by atoms with van der Waals surface area (Å²) in [6, 6.07) is 12.5. The lowest BCUT2D eigenvalue weighted by atomic mass is 9.96. The van der Waals surface area contributed by atoms with Gasteiger partial charge in [0, 0.05) is 24.6 Å². The van der Waals surface area contributed by atoms with Crippen molar-refractivity contribution in [3.05, 3.63) is 47.8 Å². The van der Waals surface area contributed by atoms with Crippen LogP contribution in [0.3, 0.4) is 0 Å². The lowest BCUT2D eigenvalue weighted by molar-refractivity contribution is 0.546. The highest BCUT2D eigenvalue weighted by Crippen LogP contribution is 2.24. The van der Waals surface area contributed by atoms with Crippen LogP contribution in [-0.4, -0.2) is 17.0 Å². The van der Waals surface area contributed by atoms with Gasteiger partial charge < -0.3 is 10.6 Å². The van der Waals surface area contributed by atoms with Gasteiger partial charge in [-0.2, -0.15) is 0 Å². The van der Waals surface area contributed by atoms with Crippen molar-refractivity contribution in [1.82, 2.24) is 9.97 Å². The highest BCUT2D eigenvalue weighted by Gasteiger charge is 2.19. The van der Waals surface area contributed by atoms with Gasteiger partial charge in [-0.05, 0) is 12.5 Å². The molecule has 1 unspecified atom stereocenters. The van der Waals surface area contributed by atoms with Crippen molar-refractivity contribution in [2.24, 2.45) is 0 Å². The van der Waals surface area contributed by atoms with Crippen LogP contribution in [0.25, 0.3) is 0 Å². The number of nitrogens with zero attached hydrogens (tertiary/aromatic N) is 2. The third-order valence-corrected chi connectivity index (χ3v) is 3.32. The molecule has 2 aromatic rings. The van der Waals surface area contributed by atoms with Crippen LogP contribution in [0.4, 0.5) is 11.6 Å². The molecule has 0 amide bonds. The first-order valence-electron chi connectivity index (χ1n) is 7.29. The van der Waals surface area contributed by atoms with E-state index in [2.05, 4.69) is 60.4 Å². The quantitative estimate of drug-likeness (QED) is 0.891. The molecule has 2 rings (SSSR count). The molecule has 1 atom stereocenters. The number of benzene rings is 1. The molecule has 0 fully saturated rings. The van der Waals surface area contributed by atoms with Crippen LogP contribution in [0, 0.1) is 0 Å². The number of aromatic nitrogens is 2. The Morgan fingerprint density at radius 1 is 1.00 bits per heavy atom. The molecule has 1 aromatic heterocycles. The third kappa shape index (κ3) is 3.94. The van der Waals surface area contributed by atoms with Gasteiger partial charge in [0.25, 0.3) is 0 Å². The smallest absolute Gasteiger partial charge is 0.138 e. The monoisotopic (exact) mass is 284 g/mol. The number of anilines is 2. The fourth-order valence-corrected chi connectivity index (χ4v) is 2.03. The Morgan fingerprint density at radius 2 is 1.62 bits per heavy atom. The fraction of sp³-hybridized carbons (Fsp3) is 0.412. The first-order valence-corrected chi connectivity index (χ1v) is 7.29. The van der Waals surface area contributed by atoms with Crippen LogP contribution >= 0.6 is 0 Å². The standard InChI is InChI=1S/C17H24N4/c1-12(13-9-7-6-8-10-13)19-15-11-14(18-5)20-16(21-15)17(2,3)4/h6-12H,1-5H3,(H2,18,19,20,21). The summed E-state index contributed by atoms with van der Waals surface area (Å²) < 4.78 is 0. The van der Waals surface area contributed by atoms with Crippen molar-refractivity contribution in [3.63, 3.8) is 0 Å². The molecule has 0 aliphatic rings. The van der Waals surface area contributed by atoms with Crippen molar-refractivity contribution >= 4 is 11.6 Å². The molecule has 2 N–H and O–H groups in total. The van der Waals surface area contributed by atoms with Crippen molar-refractivity contribution in [1.29, 1.82) is 0 Å². The second-order valence-corrected chi connectivity index (χ2v) is 6.24. The van der Waals surface area contributed by atoms with Gasteiger partial charge in [-0.25, -0.2) is 9.97 Å². The third-order valence-electron chi connectivity index (χ3n) is 3.32. The summed E-state index contributed by atoms with van der Waals surface area (Å²) in [5.74, 6) is 2.51. The second kappa shape index (κ2) is 6.12. The summed E-state index contributed by atoms with van der Waals surface area (Å²) in [7, 11) is 1.87. The van der Waals surface area contributed by atoms with Crippen LogP contribution < -0.4 is 10.6 Å². The van der Waals surface area contributed by atoms with E-state index in [1.807, 2.05) is 31.3 Å². The number of hydrogen-bond donors (Lipinski definition) is 2. The molecule has 4 heteroatoms. The molecule has 112 valence electrons. The molecule has 0 radical (unpaired) electrons. The first kappa shape index (κ1) is 15.3. The molecular formula is C17H24N4. The van der Waals surface area contributed by atoms with Gasteiger partial charge >= 0.3 is 0 Å². The Hall–Kier alpha value is -2.10. The number of nitrogens with one attached hydrogen (secondary N) is 2. The van der Waals surface area contributed by atoms with Gasteiger partial charge in [0.15, 0.2) is 0 Å². The average molecular weight is 284 g/mol. The zero-order chi connectivity index (χ0) is 15.5. The van der Waals surface area contributed by atoms with Crippen LogP contribution in [0.5, 0.6) is 0 Å². The topological polar surface area (TPSA) is 49.8 Å². The van der Waals surface area contributed by atoms with E-state index in [-0.39, 0.29) is 11.5 Å². The Kier molecular flexibility index (Phi) is 4.46. The Morgan fingerprint density at radius 3 is 2.19 bits per heavy atom. The number of rotatable bonds is 4. The molecule has 4 nitrogen and oxygen atoms in total. The minimum absolute atomic E-state index is 0.0841. The zero-order valence-electron chi connectivity index (χ0n) is 13.4. The molecule has 1 aromatic carbocycles. The Bertz CT molecular complexity index is 587. The predicted octanol–water partition coefficient (Wildman–Crippen LogP) is 3.99. The highest BCUT2D eigenvalue weighted by atomic mass is 15.1. The second-order valence-electron chi connectivity index (χ2n) is 6.24. The molecule has 0 bridgehead atoms. The van der Waals surface area contributed by atoms with E-state index in [4.69, 9.17) is 0 Å². The maximum absolute atomic E-state index is 4.66. The number of hydrogen-bond acceptors (Lipinski definition) is 4. The maximum atomic E-state index is 4.66. The molecule has 0 saturated heterocycles. The minimum atomic E-state index is -0.0841. The van der Waals surface area contributed by atoms with E-state index in [0.717, 1.165) is 17.5 Å². The van der Waals surface area contributed by atoms with E-state index < -0.39 is 0 Å². The lowest BCUT2D eigenvalue weighted by Crippen LogP contribution is -2.19. The summed E-state index contributed by atoms with van der Waals surface area (Å²) in [6.45, 7) is 8.48. The first-order chi connectivity index (χ1) is 9.90. The van der Waals surface area contributed by atoms with Crippen LogP contribution in [0.2, 0.25) is 0 Å². The van der Waals surface area contributed by atoms with Crippen molar-refractivity contribution < 1.29 is 0 Å². The van der Waals surface area contributed by atoms with Crippen LogP contribution in [0.1, 0.15) is 45.1 Å². The molecule has 1 heterocycles. The van der Waals surface area contributed by atoms with Gasteiger partial charge in [0.1, 0.15) is 17.5 Å². The van der Waals surface area contributed by atoms with Crippen molar-refractivity contribution in [2.75, 3.05) is 17.7 Å². The molecular weight excluding hydrogens is 260 g/mol. The zero-order valence-corrected chi connectivity index (χ0v) is 13.4. The highest BCUT2D eigenvalue weighted by molar-refractivity contribution is 5.49. The average Bonchev–Trinajstić information content (AvgIpc) is 2.46. The van der Waals surface area contributed by atoms with E-state index in [1.165, 1.54) is 5.56 Å². The molecule has 0 aliphatic carbocycles. The lowest BCUT2D eigenvalue weighted by Gasteiger charge is -2.21. The Labute approximate surface area is 127 Å². The maximum Gasteiger partial charge on any atom is 0.138 e. The summed E-state index contributed by atoms with van der Waals surface area (Å²) in [4.78, 5) is 9.20. The molecule has 0 spiro atoms.